The highest BCUT2D eigenvalue weighted by Crippen LogP contribution is 2.40. The van der Waals surface area contributed by atoms with Gasteiger partial charge < -0.3 is 4.74 Å². The summed E-state index contributed by atoms with van der Waals surface area (Å²) in [5, 5.41) is 4.46. The second-order valence-corrected chi connectivity index (χ2v) is 5.95. The number of methoxy groups -OCH3 is 1. The highest BCUT2D eigenvalue weighted by Gasteiger charge is 2.50. The Hall–Kier alpha value is -2.77. The van der Waals surface area contributed by atoms with Gasteiger partial charge in [0.2, 0.25) is 5.90 Å². The molecule has 0 aliphatic carbocycles. The molecule has 0 N–H and O–H groups in total. The summed E-state index contributed by atoms with van der Waals surface area (Å²) in [5.41, 5.74) is -4.48. The van der Waals surface area contributed by atoms with Crippen LogP contribution in [0.15, 0.2) is 28.3 Å². The zero-order valence-corrected chi connectivity index (χ0v) is 14.4. The van der Waals surface area contributed by atoms with Gasteiger partial charge in [-0.25, -0.2) is 9.84 Å². The van der Waals surface area contributed by atoms with E-state index in [1.54, 1.807) is 0 Å². The summed E-state index contributed by atoms with van der Waals surface area (Å²) in [7, 11) is 2.44. The van der Waals surface area contributed by atoms with Crippen molar-refractivity contribution in [3.63, 3.8) is 0 Å². The van der Waals surface area contributed by atoms with E-state index in [9.17, 15) is 26.3 Å². The molecule has 0 saturated carbocycles. The SMILES string of the molecule is [C-]#[N+]c1ccc(/N=C(\OC)C2(C)CC(C(F)(F)F)=NN2C)cc1C(F)(F)F. The number of hydrogen-bond donors (Lipinski definition) is 0. The quantitative estimate of drug-likeness (QED) is 0.310. The van der Waals surface area contributed by atoms with Crippen molar-refractivity contribution in [1.82, 2.24) is 5.01 Å². The van der Waals surface area contributed by atoms with Gasteiger partial charge >= 0.3 is 12.4 Å². The lowest BCUT2D eigenvalue weighted by atomic mass is 9.95. The van der Waals surface area contributed by atoms with Gasteiger partial charge in [0.25, 0.3) is 0 Å². The van der Waals surface area contributed by atoms with Gasteiger partial charge in [-0.1, -0.05) is 6.07 Å². The number of benzene rings is 1. The Labute approximate surface area is 150 Å². The predicted molar refractivity (Wildman–Crippen MR) is 86.1 cm³/mol. The molecule has 0 saturated heterocycles. The number of alkyl halides is 6. The van der Waals surface area contributed by atoms with E-state index in [1.807, 2.05) is 0 Å². The van der Waals surface area contributed by atoms with Crippen molar-refractivity contribution in [3.8, 4) is 0 Å². The van der Waals surface area contributed by atoms with Crippen LogP contribution in [0.3, 0.4) is 0 Å². The van der Waals surface area contributed by atoms with Gasteiger partial charge in [0.05, 0.1) is 24.9 Å². The Morgan fingerprint density at radius 2 is 1.89 bits per heavy atom. The zero-order chi connectivity index (χ0) is 20.6. The summed E-state index contributed by atoms with van der Waals surface area (Å²) < 4.78 is 83.2. The first-order valence-electron chi connectivity index (χ1n) is 7.43. The molecule has 0 spiro atoms. The highest BCUT2D eigenvalue weighted by atomic mass is 19.4. The fraction of sp³-hybridized carbons (Fsp3) is 0.438. The molecule has 0 radical (unpaired) electrons. The summed E-state index contributed by atoms with van der Waals surface area (Å²) in [4.78, 5) is 6.77. The molecular formula is C16H14F6N4O. The van der Waals surface area contributed by atoms with Crippen LogP contribution in [-0.4, -0.2) is 42.5 Å². The standard InChI is InChI=1S/C16H14F6N4O/c1-14(8-12(16(20,21)22)25-26(14)3)13(27-4)24-9-5-6-11(23-2)10(7-9)15(17,18)19/h5-7H,8H2,1,3-4H3/b24-13-. The number of ether oxygens (including phenoxy) is 1. The van der Waals surface area contributed by atoms with Crippen molar-refractivity contribution in [1.29, 1.82) is 0 Å². The van der Waals surface area contributed by atoms with E-state index in [1.165, 1.54) is 14.0 Å². The Bertz CT molecular complexity index is 837. The van der Waals surface area contributed by atoms with Crippen molar-refractivity contribution in [2.75, 3.05) is 14.2 Å². The lowest BCUT2D eigenvalue weighted by Gasteiger charge is -2.31. The maximum atomic E-state index is 13.1. The monoisotopic (exact) mass is 392 g/mol. The average Bonchev–Trinajstić information content (AvgIpc) is 2.88. The lowest BCUT2D eigenvalue weighted by molar-refractivity contribution is -0.136. The predicted octanol–water partition coefficient (Wildman–Crippen LogP) is 4.95. The number of aliphatic imine (C=N–C) groups is 1. The van der Waals surface area contributed by atoms with E-state index in [0.717, 1.165) is 24.3 Å². The van der Waals surface area contributed by atoms with Gasteiger partial charge in [0.15, 0.2) is 5.69 Å². The van der Waals surface area contributed by atoms with Crippen molar-refractivity contribution in [2.24, 2.45) is 10.1 Å². The molecule has 1 aromatic rings. The second kappa shape index (κ2) is 6.75. The van der Waals surface area contributed by atoms with Crippen LogP contribution in [-0.2, 0) is 10.9 Å². The molecule has 1 aromatic carbocycles. The number of hydrazone groups is 1. The van der Waals surface area contributed by atoms with Gasteiger partial charge in [0, 0.05) is 13.5 Å². The molecule has 5 nitrogen and oxygen atoms in total. The minimum Gasteiger partial charge on any atom is -0.482 e. The lowest BCUT2D eigenvalue weighted by Crippen LogP contribution is -2.46. The molecule has 1 heterocycles. The Morgan fingerprint density at radius 3 is 2.33 bits per heavy atom. The second-order valence-electron chi connectivity index (χ2n) is 5.95. The van der Waals surface area contributed by atoms with Crippen LogP contribution < -0.4 is 0 Å². The van der Waals surface area contributed by atoms with Crippen LogP contribution in [0.2, 0.25) is 0 Å². The zero-order valence-electron chi connectivity index (χ0n) is 14.4. The molecule has 27 heavy (non-hydrogen) atoms. The van der Waals surface area contributed by atoms with Gasteiger partial charge in [-0.15, -0.1) is 0 Å². The molecule has 1 aliphatic rings. The van der Waals surface area contributed by atoms with Gasteiger partial charge in [0.1, 0.15) is 11.3 Å². The molecular weight excluding hydrogens is 378 g/mol. The highest BCUT2D eigenvalue weighted by molar-refractivity contribution is 6.00. The average molecular weight is 392 g/mol. The van der Waals surface area contributed by atoms with E-state index >= 15 is 0 Å². The number of rotatable bonds is 2. The maximum Gasteiger partial charge on any atom is 0.431 e. The maximum absolute atomic E-state index is 13.1. The molecule has 0 amide bonds. The first kappa shape index (κ1) is 20.5. The largest absolute Gasteiger partial charge is 0.482 e. The molecule has 0 fully saturated rings. The van der Waals surface area contributed by atoms with Crippen LogP contribution in [0, 0.1) is 6.57 Å². The molecule has 0 aromatic heterocycles. The van der Waals surface area contributed by atoms with E-state index in [2.05, 4.69) is 14.9 Å². The topological polar surface area (TPSA) is 41.6 Å². The molecule has 0 bridgehead atoms. The van der Waals surface area contributed by atoms with E-state index < -0.39 is 41.3 Å². The van der Waals surface area contributed by atoms with Crippen LogP contribution in [0.25, 0.3) is 4.85 Å². The summed E-state index contributed by atoms with van der Waals surface area (Å²) in [6.07, 6.45) is -10.0. The number of likely N-dealkylation sites (N-methyl/N-ethyl adjacent to an activating group) is 1. The number of hydrogen-bond acceptors (Lipinski definition) is 4. The third-order valence-electron chi connectivity index (χ3n) is 4.11. The summed E-state index contributed by atoms with van der Waals surface area (Å²) >= 11 is 0. The van der Waals surface area contributed by atoms with Crippen molar-refractivity contribution < 1.29 is 31.1 Å². The summed E-state index contributed by atoms with van der Waals surface area (Å²) in [5.74, 6) is -0.239. The normalized spacial score (nSPS) is 21.1. The van der Waals surface area contributed by atoms with Crippen molar-refractivity contribution in [3.05, 3.63) is 35.2 Å². The fourth-order valence-electron chi connectivity index (χ4n) is 2.56. The van der Waals surface area contributed by atoms with E-state index in [-0.39, 0.29) is 11.6 Å². The minimum absolute atomic E-state index is 0.207. The fourth-order valence-corrected chi connectivity index (χ4v) is 2.56. The van der Waals surface area contributed by atoms with Crippen LogP contribution in [0.1, 0.15) is 18.9 Å². The molecule has 11 heteroatoms. The first-order valence-corrected chi connectivity index (χ1v) is 7.43. The molecule has 1 unspecified atom stereocenters. The van der Waals surface area contributed by atoms with Crippen molar-refractivity contribution in [2.45, 2.75) is 31.2 Å². The molecule has 1 atom stereocenters. The van der Waals surface area contributed by atoms with Crippen LogP contribution in [0.5, 0.6) is 0 Å². The summed E-state index contributed by atoms with van der Waals surface area (Å²) in [6.45, 7) is 8.21. The van der Waals surface area contributed by atoms with Gasteiger partial charge in [-0.2, -0.15) is 31.4 Å². The first-order chi connectivity index (χ1) is 12.3. The number of nitrogens with zero attached hydrogens (tertiary/aromatic N) is 4. The Morgan fingerprint density at radius 1 is 1.26 bits per heavy atom. The van der Waals surface area contributed by atoms with E-state index in [4.69, 9.17) is 11.3 Å². The number of halogens is 6. The smallest absolute Gasteiger partial charge is 0.431 e. The van der Waals surface area contributed by atoms with Crippen molar-refractivity contribution >= 4 is 23.0 Å². The Balaban J connectivity index is 2.47. The molecule has 146 valence electrons. The van der Waals surface area contributed by atoms with Crippen LogP contribution in [0.4, 0.5) is 37.7 Å². The van der Waals surface area contributed by atoms with Gasteiger partial charge in [-0.05, 0) is 19.1 Å². The summed E-state index contributed by atoms with van der Waals surface area (Å²) in [6, 6.07) is 2.75. The van der Waals surface area contributed by atoms with Crippen LogP contribution >= 0.6 is 0 Å². The third-order valence-corrected chi connectivity index (χ3v) is 4.11. The van der Waals surface area contributed by atoms with Gasteiger partial charge in [-0.3, -0.25) is 5.01 Å². The Kier molecular flexibility index (Phi) is 5.14. The third kappa shape index (κ3) is 3.99. The molecule has 2 rings (SSSR count). The minimum atomic E-state index is -4.78. The molecule has 1 aliphatic heterocycles. The van der Waals surface area contributed by atoms with E-state index in [0.29, 0.717) is 6.07 Å².